The van der Waals surface area contributed by atoms with E-state index in [0.717, 1.165) is 5.56 Å². The van der Waals surface area contributed by atoms with E-state index < -0.39 is 18.8 Å². The van der Waals surface area contributed by atoms with Crippen LogP contribution in [0.15, 0.2) is 30.3 Å². The van der Waals surface area contributed by atoms with E-state index >= 15 is 0 Å². The number of hydroxylamine groups is 1. The van der Waals surface area contributed by atoms with Crippen molar-refractivity contribution in [1.82, 2.24) is 10.8 Å². The van der Waals surface area contributed by atoms with Gasteiger partial charge in [-0.1, -0.05) is 30.3 Å². The summed E-state index contributed by atoms with van der Waals surface area (Å²) in [7, 11) is 0. The fourth-order valence-electron chi connectivity index (χ4n) is 0.976. The molecule has 7 heteroatoms. The molecule has 4 nitrogen and oxygen atoms in total. The minimum Gasteiger partial charge on any atom is -0.327 e. The first-order valence-corrected chi connectivity index (χ1v) is 4.74. The number of hydrogen-bond donors (Lipinski definition) is 2. The van der Waals surface area contributed by atoms with Gasteiger partial charge in [-0.3, -0.25) is 4.84 Å². The highest BCUT2D eigenvalue weighted by Crippen LogP contribution is 2.11. The number of halogens is 3. The van der Waals surface area contributed by atoms with Crippen molar-refractivity contribution in [3.05, 3.63) is 35.9 Å². The number of hydrogen-bond acceptors (Lipinski definition) is 2. The van der Waals surface area contributed by atoms with E-state index in [1.54, 1.807) is 29.6 Å². The van der Waals surface area contributed by atoms with Crippen LogP contribution in [-0.4, -0.2) is 18.8 Å². The van der Waals surface area contributed by atoms with E-state index in [0.29, 0.717) is 0 Å². The summed E-state index contributed by atoms with van der Waals surface area (Å²) in [6.45, 7) is -1.31. The Morgan fingerprint density at radius 1 is 1.24 bits per heavy atom. The Hall–Kier alpha value is -1.76. The van der Waals surface area contributed by atoms with Crippen LogP contribution in [0.1, 0.15) is 5.56 Å². The van der Waals surface area contributed by atoms with Crippen molar-refractivity contribution in [3.63, 3.8) is 0 Å². The lowest BCUT2D eigenvalue weighted by atomic mass is 10.2. The summed E-state index contributed by atoms with van der Waals surface area (Å²) in [5, 5.41) is 1.61. The van der Waals surface area contributed by atoms with Crippen molar-refractivity contribution >= 4 is 6.03 Å². The van der Waals surface area contributed by atoms with Gasteiger partial charge >= 0.3 is 12.2 Å². The largest absolute Gasteiger partial charge is 0.405 e. The number of benzene rings is 1. The zero-order chi connectivity index (χ0) is 12.7. The molecule has 0 atom stereocenters. The average molecular weight is 248 g/mol. The van der Waals surface area contributed by atoms with Crippen LogP contribution in [0.2, 0.25) is 0 Å². The van der Waals surface area contributed by atoms with E-state index in [-0.39, 0.29) is 6.61 Å². The zero-order valence-electron chi connectivity index (χ0n) is 8.75. The van der Waals surface area contributed by atoms with Crippen LogP contribution in [0, 0.1) is 0 Å². The average Bonchev–Trinajstić information content (AvgIpc) is 2.27. The Morgan fingerprint density at radius 3 is 2.47 bits per heavy atom. The quantitative estimate of drug-likeness (QED) is 0.800. The van der Waals surface area contributed by atoms with Crippen molar-refractivity contribution < 1.29 is 22.8 Å². The summed E-state index contributed by atoms with van der Waals surface area (Å²) in [6, 6.07) is 7.86. The molecule has 0 radical (unpaired) electrons. The number of amides is 2. The number of alkyl halides is 3. The molecule has 0 aromatic heterocycles. The first kappa shape index (κ1) is 13.3. The molecule has 0 aliphatic rings. The smallest absolute Gasteiger partial charge is 0.327 e. The third-order valence-corrected chi connectivity index (χ3v) is 1.70. The van der Waals surface area contributed by atoms with Crippen molar-refractivity contribution in [2.24, 2.45) is 0 Å². The van der Waals surface area contributed by atoms with Gasteiger partial charge in [-0.15, -0.1) is 0 Å². The number of urea groups is 1. The van der Waals surface area contributed by atoms with Gasteiger partial charge in [0.1, 0.15) is 6.54 Å². The number of rotatable bonds is 4. The van der Waals surface area contributed by atoms with Crippen molar-refractivity contribution in [2.75, 3.05) is 6.54 Å². The standard InChI is InChI=1S/C10H11F3N2O2/c11-10(12,13)7-14-9(16)15-17-6-8-4-2-1-3-5-8/h1-5H,6-7H2,(H2,14,15,16). The lowest BCUT2D eigenvalue weighted by Crippen LogP contribution is -2.40. The number of carbonyl (C=O) groups excluding carboxylic acids is 1. The zero-order valence-corrected chi connectivity index (χ0v) is 8.75. The lowest BCUT2D eigenvalue weighted by Gasteiger charge is -2.09. The lowest BCUT2D eigenvalue weighted by molar-refractivity contribution is -0.123. The van der Waals surface area contributed by atoms with Crippen molar-refractivity contribution in [3.8, 4) is 0 Å². The molecule has 0 saturated heterocycles. The van der Waals surface area contributed by atoms with Crippen LogP contribution in [0.4, 0.5) is 18.0 Å². The first-order chi connectivity index (χ1) is 7.97. The van der Waals surface area contributed by atoms with Gasteiger partial charge in [-0.25, -0.2) is 10.3 Å². The maximum absolute atomic E-state index is 11.7. The highest BCUT2D eigenvalue weighted by atomic mass is 19.4. The highest BCUT2D eigenvalue weighted by molar-refractivity contribution is 5.72. The molecule has 1 aromatic carbocycles. The summed E-state index contributed by atoms with van der Waals surface area (Å²) in [5.41, 5.74) is 2.65. The Labute approximate surface area is 95.7 Å². The molecule has 0 aliphatic heterocycles. The van der Waals surface area contributed by atoms with Gasteiger partial charge in [0.2, 0.25) is 0 Å². The van der Waals surface area contributed by atoms with Gasteiger partial charge in [-0.2, -0.15) is 13.2 Å². The molecule has 1 aromatic rings. The molecule has 94 valence electrons. The van der Waals surface area contributed by atoms with Gasteiger partial charge < -0.3 is 5.32 Å². The molecule has 0 bridgehead atoms. The van der Waals surface area contributed by atoms with E-state index in [2.05, 4.69) is 0 Å². The number of nitrogens with one attached hydrogen (secondary N) is 2. The first-order valence-electron chi connectivity index (χ1n) is 4.74. The second-order valence-corrected chi connectivity index (χ2v) is 3.17. The highest BCUT2D eigenvalue weighted by Gasteiger charge is 2.27. The molecule has 0 fully saturated rings. The third kappa shape index (κ3) is 6.41. The second-order valence-electron chi connectivity index (χ2n) is 3.17. The summed E-state index contributed by atoms with van der Waals surface area (Å²) in [4.78, 5) is 15.6. The van der Waals surface area contributed by atoms with Crippen LogP contribution >= 0.6 is 0 Å². The van der Waals surface area contributed by atoms with Crippen molar-refractivity contribution in [1.29, 1.82) is 0 Å². The fraction of sp³-hybridized carbons (Fsp3) is 0.300. The normalized spacial score (nSPS) is 11.0. The van der Waals surface area contributed by atoms with E-state index in [1.807, 2.05) is 11.5 Å². The summed E-state index contributed by atoms with van der Waals surface area (Å²) in [5.74, 6) is 0. The van der Waals surface area contributed by atoms with Crippen LogP contribution in [0.25, 0.3) is 0 Å². The van der Waals surface area contributed by atoms with E-state index in [4.69, 9.17) is 4.84 Å². The maximum Gasteiger partial charge on any atom is 0.405 e. The molecule has 0 saturated carbocycles. The van der Waals surface area contributed by atoms with E-state index in [1.165, 1.54) is 0 Å². The second kappa shape index (κ2) is 6.09. The van der Waals surface area contributed by atoms with Crippen molar-refractivity contribution in [2.45, 2.75) is 12.8 Å². The monoisotopic (exact) mass is 248 g/mol. The fourth-order valence-corrected chi connectivity index (χ4v) is 0.976. The molecule has 0 aliphatic carbocycles. The SMILES string of the molecule is O=C(NCC(F)(F)F)NOCc1ccccc1. The molecule has 0 unspecified atom stereocenters. The van der Waals surface area contributed by atoms with Gasteiger partial charge in [0.15, 0.2) is 0 Å². The Kier molecular flexibility index (Phi) is 4.77. The van der Waals surface area contributed by atoms with Gasteiger partial charge in [0.25, 0.3) is 0 Å². The summed E-state index contributed by atoms with van der Waals surface area (Å²) in [6.07, 6.45) is -4.43. The van der Waals surface area contributed by atoms with Crippen LogP contribution in [-0.2, 0) is 11.4 Å². The maximum atomic E-state index is 11.7. The van der Waals surface area contributed by atoms with Gasteiger partial charge in [-0.05, 0) is 5.56 Å². The van der Waals surface area contributed by atoms with Crippen LogP contribution < -0.4 is 10.8 Å². The Morgan fingerprint density at radius 2 is 1.88 bits per heavy atom. The summed E-state index contributed by atoms with van der Waals surface area (Å²) < 4.78 is 35.2. The topological polar surface area (TPSA) is 50.4 Å². The Bertz CT molecular complexity index is 354. The summed E-state index contributed by atoms with van der Waals surface area (Å²) >= 11 is 0. The molecule has 2 N–H and O–H groups in total. The molecule has 2 amide bonds. The molecule has 17 heavy (non-hydrogen) atoms. The van der Waals surface area contributed by atoms with Crippen LogP contribution in [0.5, 0.6) is 0 Å². The van der Waals surface area contributed by atoms with Gasteiger partial charge in [0.05, 0.1) is 6.61 Å². The Balaban J connectivity index is 2.17. The molecule has 1 rings (SSSR count). The minimum atomic E-state index is -4.43. The molecular formula is C10H11F3N2O2. The third-order valence-electron chi connectivity index (χ3n) is 1.70. The number of carbonyl (C=O) groups is 1. The minimum absolute atomic E-state index is 0.0836. The predicted molar refractivity (Wildman–Crippen MR) is 53.8 cm³/mol. The molecule has 0 heterocycles. The van der Waals surface area contributed by atoms with E-state index in [9.17, 15) is 18.0 Å². The molecular weight excluding hydrogens is 237 g/mol. The molecule has 0 spiro atoms. The van der Waals surface area contributed by atoms with Crippen LogP contribution in [0.3, 0.4) is 0 Å². The van der Waals surface area contributed by atoms with Gasteiger partial charge in [0, 0.05) is 0 Å². The predicted octanol–water partition coefficient (Wildman–Crippen LogP) is 1.98.